The summed E-state index contributed by atoms with van der Waals surface area (Å²) in [5.74, 6) is 1.04. The summed E-state index contributed by atoms with van der Waals surface area (Å²) in [7, 11) is 1.71. The van der Waals surface area contributed by atoms with Gasteiger partial charge in [-0.05, 0) is 58.0 Å². The van der Waals surface area contributed by atoms with E-state index in [1.807, 2.05) is 6.92 Å². The third-order valence-electron chi connectivity index (χ3n) is 4.39. The first kappa shape index (κ1) is 14.8. The Morgan fingerprint density at radius 1 is 1.32 bits per heavy atom. The monoisotopic (exact) mass is 268 g/mol. The Balaban J connectivity index is 1.79. The Hall–Kier alpha value is -0.610. The van der Waals surface area contributed by atoms with Gasteiger partial charge in [0, 0.05) is 26.1 Å². The topological polar surface area (TPSA) is 41.6 Å². The SMILES string of the molecule is COC(C)CCC(=O)N(CC1CCNCC1)C1CC1. The van der Waals surface area contributed by atoms with Crippen molar-refractivity contribution in [3.63, 3.8) is 0 Å². The molecule has 1 heterocycles. The molecule has 0 aromatic heterocycles. The van der Waals surface area contributed by atoms with Crippen molar-refractivity contribution in [1.29, 1.82) is 0 Å². The molecule has 0 radical (unpaired) electrons. The lowest BCUT2D eigenvalue weighted by atomic mass is 9.97. The summed E-state index contributed by atoms with van der Waals surface area (Å²) in [4.78, 5) is 14.5. The maximum Gasteiger partial charge on any atom is 0.222 e. The van der Waals surface area contributed by atoms with Crippen LogP contribution in [0, 0.1) is 5.92 Å². The molecule has 1 unspecified atom stereocenters. The van der Waals surface area contributed by atoms with Gasteiger partial charge in [0.1, 0.15) is 0 Å². The summed E-state index contributed by atoms with van der Waals surface area (Å²) in [6, 6.07) is 0.542. The van der Waals surface area contributed by atoms with Gasteiger partial charge in [0.25, 0.3) is 0 Å². The quantitative estimate of drug-likeness (QED) is 0.765. The standard InChI is InChI=1S/C15H28N2O2/c1-12(19-2)3-6-15(18)17(14-4-5-14)11-13-7-9-16-10-8-13/h12-14,16H,3-11H2,1-2H3. The third-order valence-corrected chi connectivity index (χ3v) is 4.39. The lowest BCUT2D eigenvalue weighted by Gasteiger charge is -2.30. The van der Waals surface area contributed by atoms with Gasteiger partial charge in [-0.3, -0.25) is 4.79 Å². The fourth-order valence-corrected chi connectivity index (χ4v) is 2.77. The Morgan fingerprint density at radius 3 is 2.58 bits per heavy atom. The van der Waals surface area contributed by atoms with Crippen molar-refractivity contribution in [3.8, 4) is 0 Å². The van der Waals surface area contributed by atoms with E-state index in [-0.39, 0.29) is 6.10 Å². The highest BCUT2D eigenvalue weighted by atomic mass is 16.5. The van der Waals surface area contributed by atoms with Gasteiger partial charge in [-0.25, -0.2) is 0 Å². The Bertz CT molecular complexity index is 286. The highest BCUT2D eigenvalue weighted by Gasteiger charge is 2.33. The molecular weight excluding hydrogens is 240 g/mol. The minimum absolute atomic E-state index is 0.184. The van der Waals surface area contributed by atoms with Gasteiger partial charge < -0.3 is 15.0 Å². The number of methoxy groups -OCH3 is 1. The predicted molar refractivity (Wildman–Crippen MR) is 76.0 cm³/mol. The van der Waals surface area contributed by atoms with Crippen LogP contribution < -0.4 is 5.32 Å². The lowest BCUT2D eigenvalue weighted by molar-refractivity contribution is -0.133. The largest absolute Gasteiger partial charge is 0.382 e. The van der Waals surface area contributed by atoms with E-state index in [4.69, 9.17) is 4.74 Å². The third kappa shape index (κ3) is 4.77. The molecule has 4 heteroatoms. The van der Waals surface area contributed by atoms with Crippen LogP contribution in [0.3, 0.4) is 0 Å². The first-order valence-electron chi connectivity index (χ1n) is 7.73. The van der Waals surface area contributed by atoms with Crippen molar-refractivity contribution >= 4 is 5.91 Å². The van der Waals surface area contributed by atoms with Gasteiger partial charge in [0.05, 0.1) is 6.10 Å². The molecule has 1 saturated heterocycles. The highest BCUT2D eigenvalue weighted by Crippen LogP contribution is 2.29. The number of piperidine rings is 1. The fourth-order valence-electron chi connectivity index (χ4n) is 2.77. The summed E-state index contributed by atoms with van der Waals surface area (Å²) < 4.78 is 5.23. The van der Waals surface area contributed by atoms with Crippen LogP contribution in [0.4, 0.5) is 0 Å². The van der Waals surface area contributed by atoms with Crippen LogP contribution in [0.2, 0.25) is 0 Å². The van der Waals surface area contributed by atoms with Crippen LogP contribution in [0.25, 0.3) is 0 Å². The molecule has 2 fully saturated rings. The van der Waals surface area contributed by atoms with E-state index < -0.39 is 0 Å². The molecule has 1 aliphatic heterocycles. The van der Waals surface area contributed by atoms with Crippen molar-refractivity contribution in [3.05, 3.63) is 0 Å². The van der Waals surface area contributed by atoms with Gasteiger partial charge in [-0.15, -0.1) is 0 Å². The van der Waals surface area contributed by atoms with E-state index in [0.29, 0.717) is 24.3 Å². The number of nitrogens with zero attached hydrogens (tertiary/aromatic N) is 1. The molecule has 0 bridgehead atoms. The number of nitrogens with one attached hydrogen (secondary N) is 1. The lowest BCUT2D eigenvalue weighted by Crippen LogP contribution is -2.40. The van der Waals surface area contributed by atoms with E-state index in [9.17, 15) is 4.79 Å². The van der Waals surface area contributed by atoms with E-state index >= 15 is 0 Å². The molecule has 19 heavy (non-hydrogen) atoms. The molecule has 4 nitrogen and oxygen atoms in total. The molecule has 1 aliphatic carbocycles. The molecule has 0 aromatic carbocycles. The van der Waals surface area contributed by atoms with E-state index in [0.717, 1.165) is 26.1 Å². The van der Waals surface area contributed by atoms with Gasteiger partial charge in [0.2, 0.25) is 5.91 Å². The summed E-state index contributed by atoms with van der Waals surface area (Å²) in [5, 5.41) is 3.39. The Labute approximate surface area is 116 Å². The number of ether oxygens (including phenoxy) is 1. The van der Waals surface area contributed by atoms with Crippen LogP contribution in [0.5, 0.6) is 0 Å². The average molecular weight is 268 g/mol. The number of rotatable bonds is 7. The molecule has 1 saturated carbocycles. The number of hydrogen-bond acceptors (Lipinski definition) is 3. The van der Waals surface area contributed by atoms with Crippen molar-refractivity contribution in [2.24, 2.45) is 5.92 Å². The van der Waals surface area contributed by atoms with Gasteiger partial charge in [-0.2, -0.15) is 0 Å². The zero-order valence-electron chi connectivity index (χ0n) is 12.4. The number of carbonyl (C=O) groups is 1. The predicted octanol–water partition coefficient (Wildman–Crippen LogP) is 1.79. The van der Waals surface area contributed by atoms with Gasteiger partial charge >= 0.3 is 0 Å². The molecule has 2 aliphatic rings. The van der Waals surface area contributed by atoms with Gasteiger partial charge in [0.15, 0.2) is 0 Å². The molecule has 0 aromatic rings. The smallest absolute Gasteiger partial charge is 0.222 e. The summed E-state index contributed by atoms with van der Waals surface area (Å²) in [6.07, 6.45) is 6.49. The van der Waals surface area contributed by atoms with E-state index in [2.05, 4.69) is 10.2 Å². The number of amides is 1. The Kier molecular flexibility index (Phi) is 5.64. The van der Waals surface area contributed by atoms with Crippen molar-refractivity contribution in [1.82, 2.24) is 10.2 Å². The maximum atomic E-state index is 12.4. The van der Waals surface area contributed by atoms with Crippen molar-refractivity contribution in [2.75, 3.05) is 26.7 Å². The first-order chi connectivity index (χ1) is 9.20. The number of hydrogen-bond donors (Lipinski definition) is 1. The van der Waals surface area contributed by atoms with Crippen LogP contribution in [-0.4, -0.2) is 49.7 Å². The minimum atomic E-state index is 0.184. The molecule has 0 spiro atoms. The second kappa shape index (κ2) is 7.25. The Morgan fingerprint density at radius 2 is 2.00 bits per heavy atom. The van der Waals surface area contributed by atoms with E-state index in [1.54, 1.807) is 7.11 Å². The van der Waals surface area contributed by atoms with Crippen LogP contribution in [0.1, 0.15) is 45.4 Å². The maximum absolute atomic E-state index is 12.4. The first-order valence-corrected chi connectivity index (χ1v) is 7.73. The summed E-state index contributed by atoms with van der Waals surface area (Å²) >= 11 is 0. The molecule has 2 rings (SSSR count). The van der Waals surface area contributed by atoms with Crippen molar-refractivity contribution in [2.45, 2.75) is 57.6 Å². The van der Waals surface area contributed by atoms with Crippen LogP contribution in [0.15, 0.2) is 0 Å². The minimum Gasteiger partial charge on any atom is -0.382 e. The second-order valence-corrected chi connectivity index (χ2v) is 6.06. The second-order valence-electron chi connectivity index (χ2n) is 6.06. The molecule has 1 amide bonds. The van der Waals surface area contributed by atoms with Crippen LogP contribution >= 0.6 is 0 Å². The molecular formula is C15H28N2O2. The zero-order valence-corrected chi connectivity index (χ0v) is 12.4. The summed E-state index contributed by atoms with van der Waals surface area (Å²) in [6.45, 7) is 5.23. The van der Waals surface area contributed by atoms with Crippen molar-refractivity contribution < 1.29 is 9.53 Å². The number of carbonyl (C=O) groups excluding carboxylic acids is 1. The fraction of sp³-hybridized carbons (Fsp3) is 0.933. The molecule has 1 atom stereocenters. The van der Waals surface area contributed by atoms with Crippen LogP contribution in [-0.2, 0) is 9.53 Å². The average Bonchev–Trinajstić information content (AvgIpc) is 3.27. The summed E-state index contributed by atoms with van der Waals surface area (Å²) in [5.41, 5.74) is 0. The molecule has 110 valence electrons. The normalized spacial score (nSPS) is 22.2. The van der Waals surface area contributed by atoms with Gasteiger partial charge in [-0.1, -0.05) is 0 Å². The van der Waals surface area contributed by atoms with E-state index in [1.165, 1.54) is 25.7 Å². The molecule has 1 N–H and O–H groups in total. The zero-order chi connectivity index (χ0) is 13.7. The highest BCUT2D eigenvalue weighted by molar-refractivity contribution is 5.76.